The Labute approximate surface area is 149 Å². The lowest BCUT2D eigenvalue weighted by atomic mass is 10.1. The van der Waals surface area contributed by atoms with Gasteiger partial charge in [0.2, 0.25) is 5.91 Å². The van der Waals surface area contributed by atoms with Crippen LogP contribution in [0.2, 0.25) is 0 Å². The molecule has 0 spiro atoms. The number of hydrogen-bond donors (Lipinski definition) is 1. The molecule has 0 saturated heterocycles. The Balaban J connectivity index is 1.57. The molecule has 5 nitrogen and oxygen atoms in total. The van der Waals surface area contributed by atoms with Gasteiger partial charge in [0.15, 0.2) is 5.13 Å². The maximum Gasteiger partial charge on any atom is 0.257 e. The molecule has 1 aliphatic rings. The van der Waals surface area contributed by atoms with E-state index in [9.17, 15) is 9.59 Å². The van der Waals surface area contributed by atoms with E-state index in [1.54, 1.807) is 17.9 Å². The van der Waals surface area contributed by atoms with Crippen molar-refractivity contribution in [3.8, 4) is 0 Å². The first kappa shape index (κ1) is 15.8. The molecule has 0 radical (unpaired) electrons. The summed E-state index contributed by atoms with van der Waals surface area (Å²) in [7, 11) is 0. The van der Waals surface area contributed by atoms with Crippen molar-refractivity contribution in [1.29, 1.82) is 0 Å². The summed E-state index contributed by atoms with van der Waals surface area (Å²) in [5.74, 6) is -0.152. The zero-order valence-corrected chi connectivity index (χ0v) is 14.8. The molecule has 2 amide bonds. The number of amides is 2. The minimum absolute atomic E-state index is 0.0284. The van der Waals surface area contributed by atoms with Gasteiger partial charge in [-0.3, -0.25) is 14.9 Å². The zero-order valence-electron chi connectivity index (χ0n) is 14.0. The van der Waals surface area contributed by atoms with Crippen molar-refractivity contribution < 1.29 is 9.59 Å². The molecule has 4 rings (SSSR count). The van der Waals surface area contributed by atoms with E-state index in [0.717, 1.165) is 27.9 Å². The summed E-state index contributed by atoms with van der Waals surface area (Å²) in [4.78, 5) is 30.4. The van der Waals surface area contributed by atoms with Gasteiger partial charge in [-0.1, -0.05) is 17.4 Å². The van der Waals surface area contributed by atoms with Gasteiger partial charge in [0.25, 0.3) is 5.91 Å². The van der Waals surface area contributed by atoms with Crippen LogP contribution in [0.15, 0.2) is 36.4 Å². The van der Waals surface area contributed by atoms with Crippen molar-refractivity contribution >= 4 is 44.2 Å². The molecule has 1 aromatic heterocycles. The average Bonchev–Trinajstić information content (AvgIpc) is 3.16. The molecule has 3 aromatic rings. The second-order valence-electron chi connectivity index (χ2n) is 6.21. The Bertz CT molecular complexity index is 1010. The number of benzene rings is 2. The van der Waals surface area contributed by atoms with Gasteiger partial charge in [-0.25, -0.2) is 4.98 Å². The van der Waals surface area contributed by atoms with Crippen molar-refractivity contribution in [1.82, 2.24) is 4.98 Å². The molecule has 0 aliphatic carbocycles. The number of carbonyl (C=O) groups excluding carboxylic acids is 2. The standard InChI is InChI=1S/C19H17N3O2S/c1-11-3-5-15-17(9-11)25-19(20-15)21-18(24)14-4-6-16-13(10-14)7-8-22(16)12(2)23/h3-6,9-10H,7-8H2,1-2H3,(H,20,21,24). The van der Waals surface area contributed by atoms with Crippen LogP contribution >= 0.6 is 11.3 Å². The van der Waals surface area contributed by atoms with Gasteiger partial charge in [0, 0.05) is 24.7 Å². The first-order valence-electron chi connectivity index (χ1n) is 8.11. The smallest absolute Gasteiger partial charge is 0.257 e. The predicted molar refractivity (Wildman–Crippen MR) is 100 cm³/mol. The summed E-state index contributed by atoms with van der Waals surface area (Å²) in [5, 5.41) is 3.47. The third-order valence-corrected chi connectivity index (χ3v) is 5.32. The molecule has 25 heavy (non-hydrogen) atoms. The van der Waals surface area contributed by atoms with Crippen molar-refractivity contribution in [2.24, 2.45) is 0 Å². The molecule has 0 bridgehead atoms. The summed E-state index contributed by atoms with van der Waals surface area (Å²) in [6.45, 7) is 4.27. The number of hydrogen-bond acceptors (Lipinski definition) is 4. The second kappa shape index (κ2) is 5.97. The SMILES string of the molecule is CC(=O)N1CCc2cc(C(=O)Nc3nc4ccc(C)cc4s3)ccc21. The van der Waals surface area contributed by atoms with Gasteiger partial charge < -0.3 is 4.90 Å². The van der Waals surface area contributed by atoms with Crippen molar-refractivity contribution in [3.63, 3.8) is 0 Å². The topological polar surface area (TPSA) is 62.3 Å². The Morgan fingerprint density at radius 2 is 2.04 bits per heavy atom. The van der Waals surface area contributed by atoms with E-state index in [2.05, 4.69) is 16.4 Å². The van der Waals surface area contributed by atoms with Crippen LogP contribution in [0.1, 0.15) is 28.4 Å². The van der Waals surface area contributed by atoms with Crippen LogP contribution in [-0.2, 0) is 11.2 Å². The number of aryl methyl sites for hydroxylation is 1. The van der Waals surface area contributed by atoms with E-state index < -0.39 is 0 Å². The molecular formula is C19H17N3O2S. The van der Waals surface area contributed by atoms with Crippen LogP contribution in [0.5, 0.6) is 0 Å². The van der Waals surface area contributed by atoms with E-state index in [1.165, 1.54) is 16.9 Å². The van der Waals surface area contributed by atoms with E-state index in [4.69, 9.17) is 0 Å². The minimum Gasteiger partial charge on any atom is -0.312 e. The average molecular weight is 351 g/mol. The molecule has 0 atom stereocenters. The summed E-state index contributed by atoms with van der Waals surface area (Å²) < 4.78 is 1.06. The van der Waals surface area contributed by atoms with Crippen LogP contribution < -0.4 is 10.2 Å². The van der Waals surface area contributed by atoms with Crippen LogP contribution in [0.3, 0.4) is 0 Å². The molecule has 0 saturated carbocycles. The highest BCUT2D eigenvalue weighted by Crippen LogP contribution is 2.30. The molecular weight excluding hydrogens is 334 g/mol. The van der Waals surface area contributed by atoms with E-state index >= 15 is 0 Å². The Morgan fingerprint density at radius 3 is 2.84 bits per heavy atom. The monoisotopic (exact) mass is 351 g/mol. The number of fused-ring (bicyclic) bond motifs is 2. The van der Waals surface area contributed by atoms with E-state index in [0.29, 0.717) is 17.2 Å². The fourth-order valence-corrected chi connectivity index (χ4v) is 4.08. The Morgan fingerprint density at radius 1 is 1.20 bits per heavy atom. The largest absolute Gasteiger partial charge is 0.312 e. The van der Waals surface area contributed by atoms with E-state index in [-0.39, 0.29) is 11.8 Å². The van der Waals surface area contributed by atoms with Crippen LogP contribution in [0.25, 0.3) is 10.2 Å². The van der Waals surface area contributed by atoms with Crippen LogP contribution in [-0.4, -0.2) is 23.3 Å². The van der Waals surface area contributed by atoms with Crippen LogP contribution in [0.4, 0.5) is 10.8 Å². The third-order valence-electron chi connectivity index (χ3n) is 4.38. The van der Waals surface area contributed by atoms with Gasteiger partial charge in [-0.2, -0.15) is 0 Å². The lowest BCUT2D eigenvalue weighted by molar-refractivity contribution is -0.116. The number of thiazole rings is 1. The summed E-state index contributed by atoms with van der Waals surface area (Å²) in [6.07, 6.45) is 0.774. The fourth-order valence-electron chi connectivity index (χ4n) is 3.12. The van der Waals surface area contributed by atoms with Crippen molar-refractivity contribution in [3.05, 3.63) is 53.1 Å². The second-order valence-corrected chi connectivity index (χ2v) is 7.24. The molecule has 2 heterocycles. The Kier molecular flexibility index (Phi) is 3.77. The predicted octanol–water partition coefficient (Wildman–Crippen LogP) is 3.77. The van der Waals surface area contributed by atoms with Gasteiger partial charge >= 0.3 is 0 Å². The normalized spacial score (nSPS) is 13.1. The van der Waals surface area contributed by atoms with Gasteiger partial charge in [0.05, 0.1) is 10.2 Å². The number of nitrogens with zero attached hydrogens (tertiary/aromatic N) is 2. The number of nitrogens with one attached hydrogen (secondary N) is 1. The summed E-state index contributed by atoms with van der Waals surface area (Å²) in [5.41, 5.74) is 4.57. The fraction of sp³-hybridized carbons (Fsp3) is 0.211. The quantitative estimate of drug-likeness (QED) is 0.764. The molecule has 6 heteroatoms. The lowest BCUT2D eigenvalue weighted by Crippen LogP contribution is -2.25. The van der Waals surface area contributed by atoms with Gasteiger partial charge in [-0.05, 0) is 54.8 Å². The number of anilines is 2. The lowest BCUT2D eigenvalue weighted by Gasteiger charge is -2.14. The first-order chi connectivity index (χ1) is 12.0. The number of aromatic nitrogens is 1. The van der Waals surface area contributed by atoms with Crippen LogP contribution in [0, 0.1) is 6.92 Å². The maximum atomic E-state index is 12.5. The summed E-state index contributed by atoms with van der Waals surface area (Å²) >= 11 is 1.47. The third kappa shape index (κ3) is 2.89. The molecule has 0 fully saturated rings. The van der Waals surface area contributed by atoms with Crippen molar-refractivity contribution in [2.45, 2.75) is 20.3 Å². The number of carbonyl (C=O) groups is 2. The highest BCUT2D eigenvalue weighted by molar-refractivity contribution is 7.22. The van der Waals surface area contributed by atoms with Gasteiger partial charge in [-0.15, -0.1) is 0 Å². The van der Waals surface area contributed by atoms with Crippen molar-refractivity contribution in [2.75, 3.05) is 16.8 Å². The molecule has 1 N–H and O–H groups in total. The number of rotatable bonds is 2. The molecule has 1 aliphatic heterocycles. The highest BCUT2D eigenvalue weighted by Gasteiger charge is 2.23. The molecule has 2 aromatic carbocycles. The highest BCUT2D eigenvalue weighted by atomic mass is 32.1. The maximum absolute atomic E-state index is 12.5. The zero-order chi connectivity index (χ0) is 17.6. The molecule has 0 unspecified atom stereocenters. The van der Waals surface area contributed by atoms with Gasteiger partial charge in [0.1, 0.15) is 0 Å². The minimum atomic E-state index is -0.181. The van der Waals surface area contributed by atoms with E-state index in [1.807, 2.05) is 31.2 Å². The molecule has 126 valence electrons. The summed E-state index contributed by atoms with van der Waals surface area (Å²) in [6, 6.07) is 11.5. The Hall–Kier alpha value is -2.73. The first-order valence-corrected chi connectivity index (χ1v) is 8.92.